The van der Waals surface area contributed by atoms with Crippen LogP contribution in [0, 0.1) is 0 Å². The summed E-state index contributed by atoms with van der Waals surface area (Å²) >= 11 is 1.32. The molecular formula is C18H20N2OS. The molecule has 0 aliphatic carbocycles. The maximum atomic E-state index is 11.9. The summed E-state index contributed by atoms with van der Waals surface area (Å²) < 4.78 is 0. The van der Waals surface area contributed by atoms with Crippen LogP contribution in [0.2, 0.25) is 0 Å². The second-order valence-electron chi connectivity index (χ2n) is 5.34. The highest BCUT2D eigenvalue weighted by Gasteiger charge is 2.13. The van der Waals surface area contributed by atoms with E-state index in [0.29, 0.717) is 0 Å². The van der Waals surface area contributed by atoms with Crippen molar-refractivity contribution in [2.24, 2.45) is 0 Å². The summed E-state index contributed by atoms with van der Waals surface area (Å²) in [6, 6.07) is 14.6. The van der Waals surface area contributed by atoms with E-state index in [1.165, 1.54) is 22.1 Å². The van der Waals surface area contributed by atoms with Crippen molar-refractivity contribution >= 4 is 22.1 Å². The van der Waals surface area contributed by atoms with Gasteiger partial charge in [-0.3, -0.25) is 9.69 Å². The van der Waals surface area contributed by atoms with Crippen LogP contribution in [0.3, 0.4) is 0 Å². The Labute approximate surface area is 134 Å². The Morgan fingerprint density at radius 2 is 1.77 bits per heavy atom. The first-order valence-electron chi connectivity index (χ1n) is 7.64. The van der Waals surface area contributed by atoms with E-state index in [-0.39, 0.29) is 4.87 Å². The molecule has 22 heavy (non-hydrogen) atoms. The van der Waals surface area contributed by atoms with Crippen LogP contribution in [0.15, 0.2) is 47.3 Å². The minimum absolute atomic E-state index is 0.0188. The molecule has 2 aromatic carbocycles. The van der Waals surface area contributed by atoms with Crippen molar-refractivity contribution in [3.05, 3.63) is 57.0 Å². The van der Waals surface area contributed by atoms with Crippen LogP contribution >= 0.6 is 11.3 Å². The minimum atomic E-state index is 0.0188. The highest BCUT2D eigenvalue weighted by Crippen LogP contribution is 2.27. The Bertz CT molecular complexity index is 830. The molecule has 0 amide bonds. The fraction of sp³-hybridized carbons (Fsp3) is 0.278. The van der Waals surface area contributed by atoms with E-state index in [9.17, 15) is 4.79 Å². The van der Waals surface area contributed by atoms with Crippen LogP contribution in [0.4, 0.5) is 0 Å². The molecule has 3 nitrogen and oxygen atoms in total. The van der Waals surface area contributed by atoms with Crippen molar-refractivity contribution in [1.29, 1.82) is 0 Å². The van der Waals surface area contributed by atoms with Gasteiger partial charge in [0.15, 0.2) is 0 Å². The lowest BCUT2D eigenvalue weighted by Crippen LogP contribution is -2.21. The summed E-state index contributed by atoms with van der Waals surface area (Å²) in [7, 11) is 0. The summed E-state index contributed by atoms with van der Waals surface area (Å²) in [5, 5.41) is 2.41. The molecule has 0 fully saturated rings. The minimum Gasteiger partial charge on any atom is -0.312 e. The standard InChI is InChI=1S/C18H20N2OS/c1-3-20(4-2)12-16-17(19-18(21)22-16)15-10-9-13-7-5-6-8-14(13)11-15/h5-11H,3-4,12H2,1-2H3,(H,19,21). The number of nitrogens with zero attached hydrogens (tertiary/aromatic N) is 1. The van der Waals surface area contributed by atoms with Crippen LogP contribution < -0.4 is 4.87 Å². The van der Waals surface area contributed by atoms with Gasteiger partial charge in [0.1, 0.15) is 0 Å². The van der Waals surface area contributed by atoms with E-state index < -0.39 is 0 Å². The summed E-state index contributed by atoms with van der Waals surface area (Å²) in [6.07, 6.45) is 0. The topological polar surface area (TPSA) is 36.1 Å². The number of H-pyrrole nitrogens is 1. The molecule has 0 atom stereocenters. The zero-order valence-corrected chi connectivity index (χ0v) is 13.7. The van der Waals surface area contributed by atoms with Gasteiger partial charge in [0.05, 0.1) is 5.69 Å². The molecule has 0 saturated heterocycles. The van der Waals surface area contributed by atoms with Crippen LogP contribution in [-0.4, -0.2) is 23.0 Å². The van der Waals surface area contributed by atoms with Crippen molar-refractivity contribution < 1.29 is 0 Å². The van der Waals surface area contributed by atoms with E-state index in [4.69, 9.17) is 0 Å². The molecule has 1 N–H and O–H groups in total. The van der Waals surface area contributed by atoms with E-state index >= 15 is 0 Å². The van der Waals surface area contributed by atoms with Gasteiger partial charge in [-0.2, -0.15) is 0 Å². The summed E-state index contributed by atoms with van der Waals surface area (Å²) in [4.78, 5) is 18.3. The number of nitrogens with one attached hydrogen (secondary N) is 1. The molecule has 4 heteroatoms. The monoisotopic (exact) mass is 312 g/mol. The third-order valence-corrected chi connectivity index (χ3v) is 4.89. The van der Waals surface area contributed by atoms with Crippen LogP contribution in [0.1, 0.15) is 18.7 Å². The number of fused-ring (bicyclic) bond motifs is 1. The maximum Gasteiger partial charge on any atom is 0.305 e. The normalized spacial score (nSPS) is 11.4. The lowest BCUT2D eigenvalue weighted by Gasteiger charge is -2.17. The van der Waals surface area contributed by atoms with Crippen LogP contribution in [0.5, 0.6) is 0 Å². The number of aromatic nitrogens is 1. The molecule has 1 aromatic heterocycles. The number of hydrogen-bond acceptors (Lipinski definition) is 3. The second-order valence-corrected chi connectivity index (χ2v) is 6.40. The van der Waals surface area contributed by atoms with Gasteiger partial charge in [-0.05, 0) is 35.5 Å². The Hall–Kier alpha value is -1.91. The molecule has 0 saturated carbocycles. The Balaban J connectivity index is 2.04. The third kappa shape index (κ3) is 2.98. The van der Waals surface area contributed by atoms with Crippen molar-refractivity contribution in [2.75, 3.05) is 13.1 Å². The number of benzene rings is 2. The number of aromatic amines is 1. The van der Waals surface area contributed by atoms with Gasteiger partial charge in [-0.1, -0.05) is 61.6 Å². The van der Waals surface area contributed by atoms with E-state index in [1.807, 2.05) is 12.1 Å². The van der Waals surface area contributed by atoms with Crippen molar-refractivity contribution in [2.45, 2.75) is 20.4 Å². The summed E-state index contributed by atoms with van der Waals surface area (Å²) in [5.74, 6) is 0. The quantitative estimate of drug-likeness (QED) is 0.770. The summed E-state index contributed by atoms with van der Waals surface area (Å²) in [6.45, 7) is 7.08. The molecule has 114 valence electrons. The van der Waals surface area contributed by atoms with E-state index in [0.717, 1.165) is 35.8 Å². The first-order valence-corrected chi connectivity index (χ1v) is 8.46. The number of rotatable bonds is 5. The van der Waals surface area contributed by atoms with Gasteiger partial charge in [0.25, 0.3) is 0 Å². The average molecular weight is 312 g/mol. The summed E-state index contributed by atoms with van der Waals surface area (Å²) in [5.41, 5.74) is 2.05. The molecule has 0 aliphatic heterocycles. The predicted molar refractivity (Wildman–Crippen MR) is 94.5 cm³/mol. The predicted octanol–water partition coefficient (Wildman–Crippen LogP) is 4.10. The molecule has 0 bridgehead atoms. The van der Waals surface area contributed by atoms with Gasteiger partial charge >= 0.3 is 4.87 Å². The lowest BCUT2D eigenvalue weighted by atomic mass is 10.0. The molecule has 0 spiro atoms. The van der Waals surface area contributed by atoms with Gasteiger partial charge in [-0.25, -0.2) is 0 Å². The molecule has 0 unspecified atom stereocenters. The Morgan fingerprint density at radius 1 is 1.05 bits per heavy atom. The van der Waals surface area contributed by atoms with E-state index in [1.54, 1.807) is 0 Å². The zero-order chi connectivity index (χ0) is 15.5. The van der Waals surface area contributed by atoms with E-state index in [2.05, 4.69) is 54.1 Å². The SMILES string of the molecule is CCN(CC)Cc1sc(=O)[nH]c1-c1ccc2ccccc2c1. The van der Waals surface area contributed by atoms with Crippen LogP contribution in [-0.2, 0) is 6.54 Å². The van der Waals surface area contributed by atoms with Gasteiger partial charge in [-0.15, -0.1) is 0 Å². The zero-order valence-electron chi connectivity index (χ0n) is 12.9. The molecule has 0 radical (unpaired) electrons. The molecule has 0 aliphatic rings. The fourth-order valence-electron chi connectivity index (χ4n) is 2.70. The largest absolute Gasteiger partial charge is 0.312 e. The Kier molecular flexibility index (Phi) is 4.41. The van der Waals surface area contributed by atoms with Gasteiger partial charge in [0.2, 0.25) is 0 Å². The number of thiazole rings is 1. The van der Waals surface area contributed by atoms with Crippen molar-refractivity contribution in [3.8, 4) is 11.3 Å². The fourth-order valence-corrected chi connectivity index (χ4v) is 3.59. The highest BCUT2D eigenvalue weighted by atomic mass is 32.1. The molecule has 3 rings (SSSR count). The Morgan fingerprint density at radius 3 is 2.50 bits per heavy atom. The smallest absolute Gasteiger partial charge is 0.305 e. The van der Waals surface area contributed by atoms with Crippen molar-refractivity contribution in [1.82, 2.24) is 9.88 Å². The van der Waals surface area contributed by atoms with Gasteiger partial charge < -0.3 is 4.98 Å². The second kappa shape index (κ2) is 6.46. The molecule has 3 aromatic rings. The van der Waals surface area contributed by atoms with Crippen molar-refractivity contribution in [3.63, 3.8) is 0 Å². The first-order chi connectivity index (χ1) is 10.7. The third-order valence-electron chi connectivity index (χ3n) is 4.02. The number of hydrogen-bond donors (Lipinski definition) is 1. The van der Waals surface area contributed by atoms with Gasteiger partial charge in [0, 0.05) is 11.4 Å². The molecular weight excluding hydrogens is 292 g/mol. The van der Waals surface area contributed by atoms with Crippen LogP contribution in [0.25, 0.3) is 22.0 Å². The first kappa shape index (κ1) is 15.0. The lowest BCUT2D eigenvalue weighted by molar-refractivity contribution is 0.298. The molecule has 1 heterocycles. The average Bonchev–Trinajstić information content (AvgIpc) is 2.92. The maximum absolute atomic E-state index is 11.9. The highest BCUT2D eigenvalue weighted by molar-refractivity contribution is 7.09.